The molecular formula is C8H9ClN2O2. The number of halogens is 1. The summed E-state index contributed by atoms with van der Waals surface area (Å²) < 4.78 is 0. The predicted molar refractivity (Wildman–Crippen MR) is 50.7 cm³/mol. The van der Waals surface area contributed by atoms with Gasteiger partial charge in [-0.05, 0) is 18.2 Å². The normalized spacial score (nSPS) is 9.62. The van der Waals surface area contributed by atoms with Crippen LogP contribution in [0.2, 0.25) is 5.02 Å². The Labute approximate surface area is 80.5 Å². The average molecular weight is 201 g/mol. The molecule has 0 radical (unpaired) electrons. The summed E-state index contributed by atoms with van der Waals surface area (Å²) in [5, 5.41) is 8.92. The third-order valence-corrected chi connectivity index (χ3v) is 1.53. The summed E-state index contributed by atoms with van der Waals surface area (Å²) >= 11 is 5.70. The lowest BCUT2D eigenvalue weighted by Gasteiger charge is -2.05. The number of rotatable bonds is 4. The Kier molecular flexibility index (Phi) is 3.54. The fraction of sp³-hybridized carbons (Fsp3) is 0.125. The van der Waals surface area contributed by atoms with Gasteiger partial charge in [-0.25, -0.2) is 5.43 Å². The number of anilines is 1. The minimum absolute atomic E-state index is 0.146. The Balaban J connectivity index is 2.41. The molecule has 0 atom stereocenters. The van der Waals surface area contributed by atoms with Gasteiger partial charge in [-0.1, -0.05) is 17.7 Å². The van der Waals surface area contributed by atoms with Crippen molar-refractivity contribution in [2.75, 3.05) is 12.0 Å². The monoisotopic (exact) mass is 200 g/mol. The second kappa shape index (κ2) is 4.69. The number of carboxylic acid groups (broad SMARTS) is 1. The van der Waals surface area contributed by atoms with Gasteiger partial charge in [0.1, 0.15) is 6.54 Å². The smallest absolute Gasteiger partial charge is 0.319 e. The molecule has 0 unspecified atom stereocenters. The van der Waals surface area contributed by atoms with E-state index in [9.17, 15) is 4.79 Å². The van der Waals surface area contributed by atoms with Gasteiger partial charge >= 0.3 is 5.97 Å². The maximum atomic E-state index is 10.1. The van der Waals surface area contributed by atoms with Crippen molar-refractivity contribution in [2.45, 2.75) is 0 Å². The van der Waals surface area contributed by atoms with Gasteiger partial charge < -0.3 is 10.5 Å². The molecule has 1 aromatic rings. The summed E-state index contributed by atoms with van der Waals surface area (Å²) in [6.45, 7) is -0.146. The highest BCUT2D eigenvalue weighted by Crippen LogP contribution is 2.13. The minimum atomic E-state index is -0.922. The fourth-order valence-corrected chi connectivity index (χ4v) is 0.978. The third kappa shape index (κ3) is 3.78. The zero-order valence-corrected chi connectivity index (χ0v) is 7.51. The average Bonchev–Trinajstić information content (AvgIpc) is 2.03. The molecule has 70 valence electrons. The largest absolute Gasteiger partial charge is 0.480 e. The lowest BCUT2D eigenvalue weighted by atomic mass is 10.3. The van der Waals surface area contributed by atoms with Gasteiger partial charge in [-0.3, -0.25) is 4.79 Å². The molecule has 4 nitrogen and oxygen atoms in total. The molecule has 0 bridgehead atoms. The quantitative estimate of drug-likeness (QED) is 0.642. The van der Waals surface area contributed by atoms with E-state index >= 15 is 0 Å². The van der Waals surface area contributed by atoms with Crippen LogP contribution in [0.4, 0.5) is 5.69 Å². The summed E-state index contributed by atoms with van der Waals surface area (Å²) in [5.74, 6) is -0.922. The van der Waals surface area contributed by atoms with Crippen LogP contribution in [0.25, 0.3) is 0 Å². The van der Waals surface area contributed by atoms with Crippen molar-refractivity contribution in [3.63, 3.8) is 0 Å². The molecule has 0 spiro atoms. The summed E-state index contributed by atoms with van der Waals surface area (Å²) in [4.78, 5) is 10.1. The van der Waals surface area contributed by atoms with E-state index in [2.05, 4.69) is 10.9 Å². The number of hydrogen-bond donors (Lipinski definition) is 3. The number of benzene rings is 1. The highest BCUT2D eigenvalue weighted by atomic mass is 35.5. The third-order valence-electron chi connectivity index (χ3n) is 1.30. The molecule has 0 saturated carbocycles. The zero-order valence-electron chi connectivity index (χ0n) is 6.75. The van der Waals surface area contributed by atoms with Gasteiger partial charge in [0.25, 0.3) is 0 Å². The van der Waals surface area contributed by atoms with Crippen LogP contribution in [0.15, 0.2) is 24.3 Å². The lowest BCUT2D eigenvalue weighted by molar-refractivity contribution is -0.135. The Morgan fingerprint density at radius 1 is 1.54 bits per heavy atom. The topological polar surface area (TPSA) is 61.4 Å². The van der Waals surface area contributed by atoms with Crippen molar-refractivity contribution in [3.05, 3.63) is 29.3 Å². The van der Waals surface area contributed by atoms with Crippen molar-refractivity contribution in [1.82, 2.24) is 5.43 Å². The Bertz CT molecular complexity index is 304. The first kappa shape index (κ1) is 9.83. The number of carbonyl (C=O) groups is 1. The van der Waals surface area contributed by atoms with E-state index < -0.39 is 5.97 Å². The second-order valence-electron chi connectivity index (χ2n) is 2.38. The number of nitrogens with one attached hydrogen (secondary N) is 2. The van der Waals surface area contributed by atoms with E-state index in [-0.39, 0.29) is 6.54 Å². The highest BCUT2D eigenvalue weighted by molar-refractivity contribution is 6.30. The van der Waals surface area contributed by atoms with Gasteiger partial charge in [-0.15, -0.1) is 0 Å². The van der Waals surface area contributed by atoms with E-state index in [0.29, 0.717) is 5.02 Å². The maximum absolute atomic E-state index is 10.1. The fourth-order valence-electron chi connectivity index (χ4n) is 0.788. The molecule has 0 heterocycles. The van der Waals surface area contributed by atoms with Crippen LogP contribution < -0.4 is 10.9 Å². The molecular weight excluding hydrogens is 192 g/mol. The standard InChI is InChI=1S/C8H9ClN2O2/c9-6-2-1-3-7(4-6)11-10-5-8(12)13/h1-4,10-11H,5H2,(H,12,13). The molecule has 0 amide bonds. The van der Waals surface area contributed by atoms with Gasteiger partial charge in [0.15, 0.2) is 0 Å². The molecule has 1 rings (SSSR count). The van der Waals surface area contributed by atoms with Crippen molar-refractivity contribution < 1.29 is 9.90 Å². The lowest BCUT2D eigenvalue weighted by Crippen LogP contribution is -2.27. The number of hydrazine groups is 1. The molecule has 13 heavy (non-hydrogen) atoms. The van der Waals surface area contributed by atoms with Gasteiger partial charge in [0.2, 0.25) is 0 Å². The number of aliphatic carboxylic acids is 1. The Hall–Kier alpha value is -1.26. The second-order valence-corrected chi connectivity index (χ2v) is 2.82. The summed E-state index contributed by atoms with van der Waals surface area (Å²) in [5.41, 5.74) is 5.95. The van der Waals surface area contributed by atoms with Crippen molar-refractivity contribution in [3.8, 4) is 0 Å². The maximum Gasteiger partial charge on any atom is 0.319 e. The summed E-state index contributed by atoms with van der Waals surface area (Å²) in [7, 11) is 0. The molecule has 0 aliphatic heterocycles. The van der Waals surface area contributed by atoms with E-state index in [1.54, 1.807) is 24.3 Å². The van der Waals surface area contributed by atoms with Crippen molar-refractivity contribution in [1.29, 1.82) is 0 Å². The van der Waals surface area contributed by atoms with Crippen LogP contribution in [-0.2, 0) is 4.79 Å². The van der Waals surface area contributed by atoms with Crippen LogP contribution >= 0.6 is 11.6 Å². The van der Waals surface area contributed by atoms with Crippen LogP contribution in [0.1, 0.15) is 0 Å². The van der Waals surface area contributed by atoms with Crippen LogP contribution in [0, 0.1) is 0 Å². The van der Waals surface area contributed by atoms with E-state index in [1.165, 1.54) is 0 Å². The first-order chi connectivity index (χ1) is 6.18. The van der Waals surface area contributed by atoms with Gasteiger partial charge in [0.05, 0.1) is 5.69 Å². The predicted octanol–water partition coefficient (Wildman–Crippen LogP) is 1.34. The number of hydrogen-bond acceptors (Lipinski definition) is 3. The van der Waals surface area contributed by atoms with Crippen LogP contribution in [0.5, 0.6) is 0 Å². The summed E-state index contributed by atoms with van der Waals surface area (Å²) in [6, 6.07) is 6.98. The van der Waals surface area contributed by atoms with Gasteiger partial charge in [0, 0.05) is 5.02 Å². The van der Waals surface area contributed by atoms with E-state index in [0.717, 1.165) is 5.69 Å². The van der Waals surface area contributed by atoms with Crippen molar-refractivity contribution in [2.24, 2.45) is 0 Å². The molecule has 0 aliphatic rings. The Morgan fingerprint density at radius 2 is 2.31 bits per heavy atom. The molecule has 0 fully saturated rings. The van der Waals surface area contributed by atoms with Gasteiger partial charge in [-0.2, -0.15) is 0 Å². The highest BCUT2D eigenvalue weighted by Gasteiger charge is 1.95. The van der Waals surface area contributed by atoms with Crippen LogP contribution in [-0.4, -0.2) is 17.6 Å². The molecule has 3 N–H and O–H groups in total. The zero-order chi connectivity index (χ0) is 9.68. The van der Waals surface area contributed by atoms with Crippen LogP contribution in [0.3, 0.4) is 0 Å². The molecule has 0 aliphatic carbocycles. The molecule has 0 aromatic heterocycles. The molecule has 5 heteroatoms. The van der Waals surface area contributed by atoms with Crippen molar-refractivity contribution >= 4 is 23.3 Å². The number of carboxylic acids is 1. The first-order valence-corrected chi connectivity index (χ1v) is 4.02. The minimum Gasteiger partial charge on any atom is -0.480 e. The van der Waals surface area contributed by atoms with E-state index in [1.807, 2.05) is 0 Å². The summed E-state index contributed by atoms with van der Waals surface area (Å²) in [6.07, 6.45) is 0. The van der Waals surface area contributed by atoms with E-state index in [4.69, 9.17) is 16.7 Å². The molecule has 0 saturated heterocycles. The molecule has 1 aromatic carbocycles. The Morgan fingerprint density at radius 3 is 2.92 bits per heavy atom. The SMILES string of the molecule is O=C(O)CNNc1cccc(Cl)c1. The first-order valence-electron chi connectivity index (χ1n) is 3.65.